The number of nitrogens with zero attached hydrogens (tertiary/aromatic N) is 2. The summed E-state index contributed by atoms with van der Waals surface area (Å²) in [6.07, 6.45) is -0.806. The second-order valence-corrected chi connectivity index (χ2v) is 6.80. The van der Waals surface area contributed by atoms with Gasteiger partial charge in [-0.25, -0.2) is 14.7 Å². The molecule has 2 heterocycles. The van der Waals surface area contributed by atoms with Gasteiger partial charge in [0.1, 0.15) is 6.04 Å². The Labute approximate surface area is 142 Å². The summed E-state index contributed by atoms with van der Waals surface area (Å²) in [6.45, 7) is 0. The van der Waals surface area contributed by atoms with Crippen LogP contribution in [0.3, 0.4) is 0 Å². The third kappa shape index (κ3) is 2.12. The van der Waals surface area contributed by atoms with E-state index in [1.165, 1.54) is 26.2 Å². The quantitative estimate of drug-likeness (QED) is 0.573. The number of amides is 1. The Balaban J connectivity index is 2.14. The number of likely N-dealkylation sites (tertiary alicyclic amines) is 1. The number of alkyl halides is 1. The summed E-state index contributed by atoms with van der Waals surface area (Å²) in [5.74, 6) is -0.489. The molecule has 1 amide bonds. The van der Waals surface area contributed by atoms with Gasteiger partial charge in [-0.3, -0.25) is 9.74 Å². The number of halogens is 1. The Bertz CT molecular complexity index is 655. The molecule has 8 heteroatoms. The summed E-state index contributed by atoms with van der Waals surface area (Å²) < 4.78 is 9.09. The van der Waals surface area contributed by atoms with Crippen LogP contribution in [0.15, 0.2) is 24.3 Å². The molecule has 2 aliphatic heterocycles. The fourth-order valence-corrected chi connectivity index (χ4v) is 4.49. The van der Waals surface area contributed by atoms with E-state index in [0.29, 0.717) is 6.42 Å². The van der Waals surface area contributed by atoms with Crippen LogP contribution >= 0.6 is 15.9 Å². The molecule has 0 aliphatic carbocycles. The van der Waals surface area contributed by atoms with Crippen molar-refractivity contribution in [1.29, 1.82) is 0 Å². The number of carbonyl (C=O) groups excluding carboxylic acids is 2. The van der Waals surface area contributed by atoms with Gasteiger partial charge in [0.2, 0.25) is 0 Å². The van der Waals surface area contributed by atoms with Gasteiger partial charge in [0.15, 0.2) is 6.17 Å². The van der Waals surface area contributed by atoms with E-state index in [1.807, 2.05) is 24.3 Å². The maximum atomic E-state index is 12.3. The summed E-state index contributed by atoms with van der Waals surface area (Å²) in [5, 5.41) is 1.62. The van der Waals surface area contributed by atoms with E-state index in [4.69, 9.17) is 14.3 Å². The van der Waals surface area contributed by atoms with E-state index >= 15 is 0 Å². The normalized spacial score (nSPS) is 28.3. The average molecular weight is 385 g/mol. The van der Waals surface area contributed by atoms with Crippen molar-refractivity contribution in [3.63, 3.8) is 0 Å². The van der Waals surface area contributed by atoms with Crippen molar-refractivity contribution in [3.8, 4) is 0 Å². The fraction of sp³-hybridized carbons (Fsp3) is 0.467. The van der Waals surface area contributed by atoms with E-state index in [1.54, 1.807) is 5.06 Å². The number of ether oxygens (including phenoxy) is 2. The zero-order valence-electron chi connectivity index (χ0n) is 13.0. The maximum absolute atomic E-state index is 12.3. The van der Waals surface area contributed by atoms with Gasteiger partial charge in [-0.05, 0) is 11.6 Å². The topological polar surface area (TPSA) is 68.3 Å². The van der Waals surface area contributed by atoms with E-state index in [0.717, 1.165) is 11.3 Å². The molecular formula is C15H17BrN2O5. The number of anilines is 1. The van der Waals surface area contributed by atoms with Gasteiger partial charge in [-0.15, -0.1) is 0 Å². The van der Waals surface area contributed by atoms with Crippen LogP contribution in [0.25, 0.3) is 0 Å². The molecule has 1 aromatic rings. The van der Waals surface area contributed by atoms with Gasteiger partial charge in [0, 0.05) is 6.42 Å². The van der Waals surface area contributed by atoms with Crippen molar-refractivity contribution < 1.29 is 23.9 Å². The number of benzene rings is 1. The Hall–Kier alpha value is -1.80. The van der Waals surface area contributed by atoms with Gasteiger partial charge in [0.05, 0.1) is 31.3 Å². The molecule has 3 atom stereocenters. The lowest BCUT2D eigenvalue weighted by Crippen LogP contribution is -2.53. The van der Waals surface area contributed by atoms with E-state index < -0.39 is 28.6 Å². The smallest absolute Gasteiger partial charge is 0.412 e. The highest BCUT2D eigenvalue weighted by molar-refractivity contribution is 9.09. The van der Waals surface area contributed by atoms with Gasteiger partial charge >= 0.3 is 12.1 Å². The Morgan fingerprint density at radius 1 is 1.22 bits per heavy atom. The lowest BCUT2D eigenvalue weighted by molar-refractivity contribution is -0.146. The minimum Gasteiger partial charge on any atom is -0.467 e. The van der Waals surface area contributed by atoms with Gasteiger partial charge in [-0.1, -0.05) is 34.1 Å². The van der Waals surface area contributed by atoms with Crippen LogP contribution in [0.1, 0.15) is 12.0 Å². The second kappa shape index (κ2) is 5.68. The van der Waals surface area contributed by atoms with Crippen LogP contribution < -0.4 is 5.06 Å². The van der Waals surface area contributed by atoms with Gasteiger partial charge in [-0.2, -0.15) is 0 Å². The minimum absolute atomic E-state index is 0.357. The predicted molar refractivity (Wildman–Crippen MR) is 85.0 cm³/mol. The third-order valence-electron chi connectivity index (χ3n) is 4.37. The Kier molecular flexibility index (Phi) is 3.97. The number of hydroxylamine groups is 1. The Morgan fingerprint density at radius 3 is 2.52 bits per heavy atom. The fourth-order valence-electron chi connectivity index (χ4n) is 3.44. The zero-order chi connectivity index (χ0) is 16.8. The van der Waals surface area contributed by atoms with Crippen LogP contribution in [0.4, 0.5) is 10.5 Å². The van der Waals surface area contributed by atoms with Crippen molar-refractivity contribution >= 4 is 33.7 Å². The molecule has 2 aliphatic rings. The van der Waals surface area contributed by atoms with Crippen molar-refractivity contribution in [3.05, 3.63) is 29.8 Å². The van der Waals surface area contributed by atoms with E-state index in [-0.39, 0.29) is 0 Å². The number of esters is 1. The molecule has 0 saturated carbocycles. The largest absolute Gasteiger partial charge is 0.467 e. The maximum Gasteiger partial charge on any atom is 0.412 e. The first-order valence-corrected chi connectivity index (χ1v) is 7.84. The van der Waals surface area contributed by atoms with Crippen LogP contribution in [-0.2, 0) is 23.4 Å². The predicted octanol–water partition coefficient (Wildman–Crippen LogP) is 2.00. The number of para-hydroxylation sites is 1. The number of hydrogen-bond donors (Lipinski definition) is 0. The highest BCUT2D eigenvalue weighted by atomic mass is 79.9. The molecule has 3 rings (SSSR count). The standard InChI is InChI=1S/C15H17BrN2O5/c1-21-12(19)11-8-15(16)9-6-4-5-7-10(9)18(23-3)13(15)17(11)14(20)22-2/h4-7,11,13H,8H2,1-3H3/t11-,13-,15-/m0/s1. The monoisotopic (exact) mass is 384 g/mol. The molecule has 0 unspecified atom stereocenters. The minimum atomic E-state index is -0.761. The molecule has 7 nitrogen and oxygen atoms in total. The number of carbonyl (C=O) groups is 2. The number of fused-ring (bicyclic) bond motifs is 3. The lowest BCUT2D eigenvalue weighted by Gasteiger charge is -2.34. The highest BCUT2D eigenvalue weighted by Gasteiger charge is 2.64. The number of methoxy groups -OCH3 is 2. The summed E-state index contributed by atoms with van der Waals surface area (Å²) in [5.41, 5.74) is 1.79. The first-order valence-electron chi connectivity index (χ1n) is 7.05. The van der Waals surface area contributed by atoms with Crippen molar-refractivity contribution in [1.82, 2.24) is 4.90 Å². The SMILES string of the molecule is COC(=O)[C@@H]1C[C@]2(Br)c3ccccc3N(OC)[C@@H]2N1C(=O)OC. The lowest BCUT2D eigenvalue weighted by atomic mass is 9.96. The summed E-state index contributed by atoms with van der Waals surface area (Å²) in [4.78, 5) is 31.4. The molecule has 0 bridgehead atoms. The van der Waals surface area contributed by atoms with Crippen LogP contribution in [-0.4, -0.2) is 50.5 Å². The van der Waals surface area contributed by atoms with E-state index in [2.05, 4.69) is 15.9 Å². The molecule has 0 radical (unpaired) electrons. The van der Waals surface area contributed by atoms with E-state index in [9.17, 15) is 9.59 Å². The zero-order valence-corrected chi connectivity index (χ0v) is 14.6. The molecular weight excluding hydrogens is 368 g/mol. The number of rotatable bonds is 2. The third-order valence-corrected chi connectivity index (χ3v) is 5.53. The molecule has 1 fully saturated rings. The van der Waals surface area contributed by atoms with Crippen LogP contribution in [0, 0.1) is 0 Å². The second-order valence-electron chi connectivity index (χ2n) is 5.38. The van der Waals surface area contributed by atoms with Crippen molar-refractivity contribution in [2.24, 2.45) is 0 Å². The van der Waals surface area contributed by atoms with Crippen LogP contribution in [0.2, 0.25) is 0 Å². The summed E-state index contributed by atoms with van der Waals surface area (Å²) in [7, 11) is 4.11. The summed E-state index contributed by atoms with van der Waals surface area (Å²) >= 11 is 3.75. The van der Waals surface area contributed by atoms with Gasteiger partial charge < -0.3 is 9.47 Å². The molecule has 1 aromatic carbocycles. The van der Waals surface area contributed by atoms with Crippen molar-refractivity contribution in [2.75, 3.05) is 26.4 Å². The molecule has 1 saturated heterocycles. The van der Waals surface area contributed by atoms with Gasteiger partial charge in [0.25, 0.3) is 0 Å². The molecule has 0 aromatic heterocycles. The van der Waals surface area contributed by atoms with Crippen molar-refractivity contribution in [2.45, 2.75) is 23.0 Å². The molecule has 0 N–H and O–H groups in total. The average Bonchev–Trinajstić information content (AvgIpc) is 3.01. The first kappa shape index (κ1) is 16.1. The Morgan fingerprint density at radius 2 is 1.91 bits per heavy atom. The highest BCUT2D eigenvalue weighted by Crippen LogP contribution is 2.57. The first-order chi connectivity index (χ1) is 11.0. The van der Waals surface area contributed by atoms with Crippen LogP contribution in [0.5, 0.6) is 0 Å². The summed E-state index contributed by atoms with van der Waals surface area (Å²) in [6, 6.07) is 6.89. The molecule has 0 spiro atoms. The molecule has 124 valence electrons. The molecule has 23 heavy (non-hydrogen) atoms. The number of hydrogen-bond acceptors (Lipinski definition) is 6.